The summed E-state index contributed by atoms with van der Waals surface area (Å²) in [6, 6.07) is -3.26. The third kappa shape index (κ3) is 7.73. The molecule has 248 valence electrons. The number of aliphatic hydroxyl groups is 5. The average molecular weight is 619 g/mol. The van der Waals surface area contributed by atoms with Crippen LogP contribution in [0, 0.1) is 5.92 Å². The smallest absolute Gasteiger partial charge is 0.215 e. The van der Waals surface area contributed by atoms with Crippen LogP contribution in [0.25, 0.3) is 0 Å². The lowest BCUT2D eigenvalue weighted by Crippen LogP contribution is -2.67. The number of carbonyl (C=O) groups is 1. The number of hydrogen-bond donors (Lipinski definition) is 11. The number of ether oxygens (including phenoxy) is 4. The first-order valence-electron chi connectivity index (χ1n) is 14.8. The summed E-state index contributed by atoms with van der Waals surface area (Å²) in [5, 5.41) is 58.9. The highest BCUT2D eigenvalue weighted by Gasteiger charge is 2.58. The van der Waals surface area contributed by atoms with Gasteiger partial charge in [-0.1, -0.05) is 0 Å². The molecule has 14 atom stereocenters. The summed E-state index contributed by atoms with van der Waals surface area (Å²) in [4.78, 5) is 13.0. The maximum atomic E-state index is 13.0. The summed E-state index contributed by atoms with van der Waals surface area (Å²) in [7, 11) is 1.58. The van der Waals surface area contributed by atoms with Crippen molar-refractivity contribution in [2.45, 2.75) is 111 Å². The van der Waals surface area contributed by atoms with Gasteiger partial charge in [-0.05, 0) is 38.8 Å². The molecule has 16 heteroatoms. The monoisotopic (exact) mass is 618 g/mol. The second kappa shape index (κ2) is 14.0. The molecule has 2 aliphatic carbocycles. The van der Waals surface area contributed by atoms with Crippen LogP contribution in [-0.2, 0) is 23.7 Å². The topological polar surface area (TPSA) is 283 Å². The fraction of sp³-hybridized carbons (Fsp3) is 0.889. The quantitative estimate of drug-likeness (QED) is 0.0919. The van der Waals surface area contributed by atoms with E-state index in [1.807, 2.05) is 6.08 Å². The first-order valence-corrected chi connectivity index (χ1v) is 14.8. The summed E-state index contributed by atoms with van der Waals surface area (Å²) in [5.74, 6) is -0.624. The van der Waals surface area contributed by atoms with E-state index in [9.17, 15) is 25.2 Å². The van der Waals surface area contributed by atoms with Crippen molar-refractivity contribution < 1.29 is 49.3 Å². The lowest BCUT2D eigenvalue weighted by atomic mass is 9.76. The van der Waals surface area contributed by atoms with Crippen LogP contribution >= 0.6 is 0 Å². The zero-order valence-electron chi connectivity index (χ0n) is 24.7. The van der Waals surface area contributed by atoms with E-state index in [1.54, 1.807) is 7.05 Å². The SMILES string of the molecule is CN[C@@H]1[C@@H](O)[C@@H](O[C@H]2[C@H](CC(=O)C3(O)CC3N)C[C@H](N)C(O[C@H]3OC(CNCC(N)CO)=CC[C@H]3N)[C@@H]2O)OC[C@]1(C)O. The molecule has 2 heterocycles. The molecule has 16 nitrogen and oxygen atoms in total. The predicted molar refractivity (Wildman–Crippen MR) is 152 cm³/mol. The Balaban J connectivity index is 1.48. The van der Waals surface area contributed by atoms with Crippen LogP contribution in [0.5, 0.6) is 0 Å². The Morgan fingerprint density at radius 3 is 2.44 bits per heavy atom. The van der Waals surface area contributed by atoms with Crippen molar-refractivity contribution in [2.75, 3.05) is 33.4 Å². The van der Waals surface area contributed by atoms with Crippen LogP contribution in [-0.4, -0.2) is 143 Å². The lowest BCUT2D eigenvalue weighted by Gasteiger charge is -2.48. The largest absolute Gasteiger partial charge is 0.467 e. The second-order valence-electron chi connectivity index (χ2n) is 12.6. The van der Waals surface area contributed by atoms with E-state index >= 15 is 0 Å². The lowest BCUT2D eigenvalue weighted by molar-refractivity contribution is -0.308. The molecule has 4 aliphatic rings. The Morgan fingerprint density at radius 2 is 1.81 bits per heavy atom. The van der Waals surface area contributed by atoms with E-state index < -0.39 is 90.1 Å². The van der Waals surface area contributed by atoms with E-state index in [0.717, 1.165) is 0 Å². The summed E-state index contributed by atoms with van der Waals surface area (Å²) in [5.41, 5.74) is 21.3. The zero-order chi connectivity index (χ0) is 31.7. The molecule has 0 aromatic carbocycles. The third-order valence-corrected chi connectivity index (χ3v) is 8.95. The van der Waals surface area contributed by atoms with Gasteiger partial charge in [-0.15, -0.1) is 0 Å². The van der Waals surface area contributed by atoms with Gasteiger partial charge in [0.1, 0.15) is 35.3 Å². The van der Waals surface area contributed by atoms with Gasteiger partial charge in [0.2, 0.25) is 6.29 Å². The number of carbonyl (C=O) groups excluding carboxylic acids is 1. The summed E-state index contributed by atoms with van der Waals surface area (Å²) >= 11 is 0. The number of nitrogens with one attached hydrogen (secondary N) is 2. The van der Waals surface area contributed by atoms with Gasteiger partial charge in [-0.25, -0.2) is 0 Å². The van der Waals surface area contributed by atoms with Gasteiger partial charge in [0.05, 0.1) is 37.9 Å². The highest BCUT2D eigenvalue weighted by atomic mass is 16.7. The first-order chi connectivity index (χ1) is 20.2. The van der Waals surface area contributed by atoms with Gasteiger partial charge in [-0.2, -0.15) is 0 Å². The van der Waals surface area contributed by atoms with Gasteiger partial charge in [-0.3, -0.25) is 4.79 Å². The molecular formula is C27H50N6O10. The minimum Gasteiger partial charge on any atom is -0.467 e. The molecule has 0 amide bonds. The minimum absolute atomic E-state index is 0.140. The van der Waals surface area contributed by atoms with E-state index in [4.69, 9.17) is 47.0 Å². The van der Waals surface area contributed by atoms with E-state index in [2.05, 4.69) is 10.6 Å². The number of hydrogen-bond acceptors (Lipinski definition) is 16. The van der Waals surface area contributed by atoms with Crippen molar-refractivity contribution in [1.82, 2.24) is 10.6 Å². The Morgan fingerprint density at radius 1 is 1.14 bits per heavy atom. The maximum absolute atomic E-state index is 13.0. The number of rotatable bonds is 13. The highest BCUT2D eigenvalue weighted by Crippen LogP contribution is 2.41. The molecule has 2 saturated carbocycles. The van der Waals surface area contributed by atoms with Crippen molar-refractivity contribution in [2.24, 2.45) is 28.9 Å². The molecule has 15 N–H and O–H groups in total. The van der Waals surface area contributed by atoms with Crippen LogP contribution in [0.15, 0.2) is 11.8 Å². The number of aliphatic hydroxyl groups excluding tert-OH is 3. The maximum Gasteiger partial charge on any atom is 0.215 e. The fourth-order valence-electron chi connectivity index (χ4n) is 6.15. The van der Waals surface area contributed by atoms with Gasteiger partial charge < -0.3 is 78.0 Å². The van der Waals surface area contributed by atoms with Crippen molar-refractivity contribution in [1.29, 1.82) is 0 Å². The molecule has 1 saturated heterocycles. The van der Waals surface area contributed by atoms with Crippen molar-refractivity contribution >= 4 is 5.78 Å². The average Bonchev–Trinajstić information content (AvgIpc) is 3.58. The van der Waals surface area contributed by atoms with Crippen LogP contribution in [0.2, 0.25) is 0 Å². The van der Waals surface area contributed by atoms with E-state index in [0.29, 0.717) is 25.3 Å². The summed E-state index contributed by atoms with van der Waals surface area (Å²) < 4.78 is 24.0. The molecule has 3 fully saturated rings. The molecular weight excluding hydrogens is 568 g/mol. The van der Waals surface area contributed by atoms with Crippen LogP contribution in [0.3, 0.4) is 0 Å². The van der Waals surface area contributed by atoms with E-state index in [-0.39, 0.29) is 32.5 Å². The zero-order valence-corrected chi connectivity index (χ0v) is 24.7. The Kier molecular flexibility index (Phi) is 11.2. The molecule has 4 unspecified atom stereocenters. The Hall–Kier alpha value is -1.35. The Bertz CT molecular complexity index is 992. The van der Waals surface area contributed by atoms with E-state index in [1.165, 1.54) is 6.92 Å². The molecule has 0 bridgehead atoms. The molecule has 0 aromatic heterocycles. The second-order valence-corrected chi connectivity index (χ2v) is 12.6. The normalized spacial score (nSPS) is 45.7. The van der Waals surface area contributed by atoms with Crippen molar-refractivity contribution in [3.05, 3.63) is 11.8 Å². The third-order valence-electron chi connectivity index (χ3n) is 8.95. The van der Waals surface area contributed by atoms with Gasteiger partial charge in [0.15, 0.2) is 12.1 Å². The number of likely N-dealkylation sites (N-methyl/N-ethyl adjacent to an activating group) is 1. The molecule has 4 rings (SSSR count). The number of ketones is 1. The minimum atomic E-state index is -1.63. The summed E-state index contributed by atoms with van der Waals surface area (Å²) in [6.45, 7) is 1.85. The van der Waals surface area contributed by atoms with Crippen LogP contribution < -0.4 is 33.6 Å². The van der Waals surface area contributed by atoms with Crippen molar-refractivity contribution in [3.63, 3.8) is 0 Å². The molecule has 0 aromatic rings. The predicted octanol–water partition coefficient (Wildman–Crippen LogP) is -5.19. The molecule has 2 aliphatic heterocycles. The van der Waals surface area contributed by atoms with Crippen molar-refractivity contribution in [3.8, 4) is 0 Å². The highest BCUT2D eigenvalue weighted by molar-refractivity contribution is 5.91. The number of nitrogens with two attached hydrogens (primary N) is 4. The Labute approximate surface area is 251 Å². The number of Topliss-reactive ketones (excluding diaryl/α,β-unsaturated/α-hetero) is 1. The van der Waals surface area contributed by atoms with Crippen LogP contribution in [0.4, 0.5) is 0 Å². The molecule has 0 spiro atoms. The summed E-state index contributed by atoms with van der Waals surface area (Å²) in [6.07, 6.45) is -4.80. The standard InChI is InChI=1S/C27H50N6O10/c1-26(38)11-40-25(20(37)23(26)32-2)42-21-12(6-18(35)27(39)7-17(27)31)5-16(30)22(19(21)36)43-24-15(29)4-3-14(41-24)9-33-8-13(28)10-34/h3,12-13,15-17,19-25,32-34,36-39H,4-11,28-31H2,1-2H3/t12-,13?,15+,16-,17?,19+,20+,21-,22?,23+,24+,25+,26-,27?/m0/s1. The molecule has 0 radical (unpaired) electrons. The van der Waals surface area contributed by atoms with Gasteiger partial charge >= 0.3 is 0 Å². The first kappa shape index (κ1) is 34.5. The fourth-order valence-corrected chi connectivity index (χ4v) is 6.15. The molecule has 43 heavy (non-hydrogen) atoms. The van der Waals surface area contributed by atoms with Gasteiger partial charge in [0, 0.05) is 37.5 Å². The van der Waals surface area contributed by atoms with Gasteiger partial charge in [0.25, 0.3) is 0 Å². The van der Waals surface area contributed by atoms with Crippen LogP contribution in [0.1, 0.15) is 32.6 Å².